The van der Waals surface area contributed by atoms with Gasteiger partial charge < -0.3 is 10.6 Å². The van der Waals surface area contributed by atoms with E-state index in [2.05, 4.69) is 16.8 Å². The summed E-state index contributed by atoms with van der Waals surface area (Å²) in [4.78, 5) is 4.65. The van der Waals surface area contributed by atoms with Gasteiger partial charge in [-0.3, -0.25) is 10.3 Å². The van der Waals surface area contributed by atoms with Crippen LogP contribution in [0.4, 0.5) is 4.39 Å². The Balaban J connectivity index is 2.12. The Bertz CT molecular complexity index is 461. The first-order chi connectivity index (χ1) is 9.06. The van der Waals surface area contributed by atoms with E-state index in [0.29, 0.717) is 5.56 Å². The molecule has 1 saturated heterocycles. The van der Waals surface area contributed by atoms with E-state index in [-0.39, 0.29) is 11.7 Å². The van der Waals surface area contributed by atoms with Gasteiger partial charge in [0.1, 0.15) is 11.7 Å². The molecule has 0 saturated carbocycles. The number of halogens is 1. The summed E-state index contributed by atoms with van der Waals surface area (Å²) in [7, 11) is 2.13. The average molecular weight is 264 g/mol. The molecule has 0 spiro atoms. The third-order valence-corrected chi connectivity index (χ3v) is 3.57. The van der Waals surface area contributed by atoms with Gasteiger partial charge in [-0.2, -0.15) is 0 Å². The lowest BCUT2D eigenvalue weighted by Gasteiger charge is -2.21. The SMILES string of the molecule is CN1CCCN(Cc2ccc(F)cc2C(=N)N)CC1. The van der Waals surface area contributed by atoms with Crippen LogP contribution >= 0.6 is 0 Å². The average Bonchev–Trinajstić information content (AvgIpc) is 2.56. The molecule has 0 unspecified atom stereocenters. The first-order valence-corrected chi connectivity index (χ1v) is 6.60. The molecule has 5 heteroatoms. The number of nitrogen functional groups attached to an aromatic ring is 1. The predicted molar refractivity (Wildman–Crippen MR) is 74.8 cm³/mol. The number of benzene rings is 1. The number of nitrogens with two attached hydrogens (primary N) is 1. The molecule has 4 nitrogen and oxygen atoms in total. The van der Waals surface area contributed by atoms with Crippen LogP contribution in [0.25, 0.3) is 0 Å². The zero-order chi connectivity index (χ0) is 13.8. The summed E-state index contributed by atoms with van der Waals surface area (Å²) < 4.78 is 13.2. The molecular formula is C14H21FN4. The minimum atomic E-state index is -0.343. The number of nitrogens with zero attached hydrogens (tertiary/aromatic N) is 2. The zero-order valence-corrected chi connectivity index (χ0v) is 11.3. The van der Waals surface area contributed by atoms with Gasteiger partial charge in [0, 0.05) is 25.2 Å². The highest BCUT2D eigenvalue weighted by Gasteiger charge is 2.15. The highest BCUT2D eigenvalue weighted by molar-refractivity contribution is 5.96. The monoisotopic (exact) mass is 264 g/mol. The number of nitrogens with one attached hydrogen (secondary N) is 1. The van der Waals surface area contributed by atoms with E-state index in [0.717, 1.165) is 44.7 Å². The van der Waals surface area contributed by atoms with Crippen molar-refractivity contribution in [3.8, 4) is 0 Å². The molecule has 1 heterocycles. The maximum atomic E-state index is 13.2. The van der Waals surface area contributed by atoms with E-state index in [4.69, 9.17) is 11.1 Å². The zero-order valence-electron chi connectivity index (χ0n) is 11.3. The summed E-state index contributed by atoms with van der Waals surface area (Å²) in [6.45, 7) is 4.89. The highest BCUT2D eigenvalue weighted by atomic mass is 19.1. The van der Waals surface area contributed by atoms with E-state index in [1.807, 2.05) is 0 Å². The quantitative estimate of drug-likeness (QED) is 0.638. The molecule has 0 aliphatic carbocycles. The number of hydrogen-bond donors (Lipinski definition) is 2. The van der Waals surface area contributed by atoms with Gasteiger partial charge in [-0.05, 0) is 44.3 Å². The molecule has 1 aliphatic rings. The van der Waals surface area contributed by atoms with Crippen molar-refractivity contribution >= 4 is 5.84 Å². The predicted octanol–water partition coefficient (Wildman–Crippen LogP) is 1.25. The van der Waals surface area contributed by atoms with Gasteiger partial charge in [0.2, 0.25) is 0 Å². The molecule has 1 aromatic carbocycles. The third-order valence-electron chi connectivity index (χ3n) is 3.57. The third kappa shape index (κ3) is 3.75. The molecule has 0 atom stereocenters. The maximum Gasteiger partial charge on any atom is 0.123 e. The number of hydrogen-bond acceptors (Lipinski definition) is 3. The molecule has 1 aliphatic heterocycles. The second-order valence-electron chi connectivity index (χ2n) is 5.15. The van der Waals surface area contributed by atoms with Crippen LogP contribution in [0.1, 0.15) is 17.5 Å². The molecule has 0 radical (unpaired) electrons. The lowest BCUT2D eigenvalue weighted by molar-refractivity contribution is 0.269. The Hall–Kier alpha value is -1.46. The second kappa shape index (κ2) is 6.12. The standard InChI is InChI=1S/C14H21FN4/c1-18-5-2-6-19(8-7-18)10-11-3-4-12(15)9-13(11)14(16)17/h3-4,9H,2,5-8,10H2,1H3,(H3,16,17). The second-order valence-corrected chi connectivity index (χ2v) is 5.15. The fourth-order valence-corrected chi connectivity index (χ4v) is 2.44. The first kappa shape index (κ1) is 14.0. The summed E-state index contributed by atoms with van der Waals surface area (Å²) >= 11 is 0. The molecular weight excluding hydrogens is 243 g/mol. The highest BCUT2D eigenvalue weighted by Crippen LogP contribution is 2.14. The van der Waals surface area contributed by atoms with Crippen molar-refractivity contribution in [2.75, 3.05) is 33.2 Å². The van der Waals surface area contributed by atoms with Crippen LogP contribution in [-0.2, 0) is 6.54 Å². The molecule has 2 rings (SSSR count). The van der Waals surface area contributed by atoms with Crippen LogP contribution in [0.5, 0.6) is 0 Å². The van der Waals surface area contributed by atoms with Crippen molar-refractivity contribution in [1.29, 1.82) is 5.41 Å². The lowest BCUT2D eigenvalue weighted by atomic mass is 10.1. The Morgan fingerprint density at radius 3 is 2.84 bits per heavy atom. The lowest BCUT2D eigenvalue weighted by Crippen LogP contribution is -2.29. The van der Waals surface area contributed by atoms with Gasteiger partial charge in [0.25, 0.3) is 0 Å². The van der Waals surface area contributed by atoms with Gasteiger partial charge in [-0.1, -0.05) is 6.07 Å². The first-order valence-electron chi connectivity index (χ1n) is 6.60. The van der Waals surface area contributed by atoms with Crippen molar-refractivity contribution in [1.82, 2.24) is 9.80 Å². The minimum Gasteiger partial charge on any atom is -0.384 e. The Kier molecular flexibility index (Phi) is 4.50. The summed E-state index contributed by atoms with van der Waals surface area (Å²) in [5.41, 5.74) is 6.97. The minimum absolute atomic E-state index is 0.0681. The van der Waals surface area contributed by atoms with E-state index in [9.17, 15) is 4.39 Å². The molecule has 104 valence electrons. The summed E-state index contributed by atoms with van der Waals surface area (Å²) in [6.07, 6.45) is 1.13. The van der Waals surface area contributed by atoms with Gasteiger partial charge in [-0.25, -0.2) is 4.39 Å². The van der Waals surface area contributed by atoms with Crippen LogP contribution < -0.4 is 5.73 Å². The Morgan fingerprint density at radius 1 is 1.32 bits per heavy atom. The van der Waals surface area contributed by atoms with E-state index in [1.54, 1.807) is 6.07 Å². The van der Waals surface area contributed by atoms with Gasteiger partial charge >= 0.3 is 0 Å². The maximum absolute atomic E-state index is 13.2. The molecule has 1 fully saturated rings. The van der Waals surface area contributed by atoms with Crippen LogP contribution in [0.3, 0.4) is 0 Å². The number of amidine groups is 1. The van der Waals surface area contributed by atoms with Gasteiger partial charge in [0.05, 0.1) is 0 Å². The van der Waals surface area contributed by atoms with Crippen LogP contribution in [0, 0.1) is 11.2 Å². The largest absolute Gasteiger partial charge is 0.384 e. The van der Waals surface area contributed by atoms with Crippen molar-refractivity contribution < 1.29 is 4.39 Å². The molecule has 0 bridgehead atoms. The van der Waals surface area contributed by atoms with Crippen molar-refractivity contribution in [2.45, 2.75) is 13.0 Å². The molecule has 0 aromatic heterocycles. The molecule has 19 heavy (non-hydrogen) atoms. The fourth-order valence-electron chi connectivity index (χ4n) is 2.44. The normalized spacial score (nSPS) is 18.2. The van der Waals surface area contributed by atoms with Gasteiger partial charge in [-0.15, -0.1) is 0 Å². The van der Waals surface area contributed by atoms with E-state index < -0.39 is 0 Å². The Morgan fingerprint density at radius 2 is 2.11 bits per heavy atom. The fraction of sp³-hybridized carbons (Fsp3) is 0.500. The summed E-state index contributed by atoms with van der Waals surface area (Å²) in [6, 6.07) is 4.52. The number of rotatable bonds is 3. The topological polar surface area (TPSA) is 56.4 Å². The van der Waals surface area contributed by atoms with Crippen LogP contribution in [0.15, 0.2) is 18.2 Å². The van der Waals surface area contributed by atoms with Gasteiger partial charge in [0.15, 0.2) is 0 Å². The molecule has 3 N–H and O–H groups in total. The molecule has 0 amide bonds. The summed E-state index contributed by atoms with van der Waals surface area (Å²) in [5, 5.41) is 7.55. The summed E-state index contributed by atoms with van der Waals surface area (Å²) in [5.74, 6) is -0.411. The van der Waals surface area contributed by atoms with Crippen LogP contribution in [0.2, 0.25) is 0 Å². The van der Waals surface area contributed by atoms with E-state index in [1.165, 1.54) is 12.1 Å². The van der Waals surface area contributed by atoms with Crippen LogP contribution in [-0.4, -0.2) is 48.9 Å². The van der Waals surface area contributed by atoms with E-state index >= 15 is 0 Å². The Labute approximate surface area is 113 Å². The van der Waals surface area contributed by atoms with Crippen molar-refractivity contribution in [3.63, 3.8) is 0 Å². The molecule has 1 aromatic rings. The number of likely N-dealkylation sites (N-methyl/N-ethyl adjacent to an activating group) is 1. The van der Waals surface area contributed by atoms with Crippen molar-refractivity contribution in [3.05, 3.63) is 35.1 Å². The van der Waals surface area contributed by atoms with Crippen molar-refractivity contribution in [2.24, 2.45) is 5.73 Å². The smallest absolute Gasteiger partial charge is 0.123 e.